The molecule has 178 valence electrons. The summed E-state index contributed by atoms with van der Waals surface area (Å²) in [5.74, 6) is 0.173. The van der Waals surface area contributed by atoms with Crippen LogP contribution in [0.5, 0.6) is 0 Å². The minimum absolute atomic E-state index is 0.0786. The van der Waals surface area contributed by atoms with Crippen molar-refractivity contribution in [2.24, 2.45) is 5.92 Å². The van der Waals surface area contributed by atoms with Gasteiger partial charge in [-0.3, -0.25) is 9.69 Å². The fraction of sp³-hybridized carbons (Fsp3) is 0.435. The molecule has 1 N–H and O–H groups in total. The molecule has 2 aromatic rings. The van der Waals surface area contributed by atoms with Crippen molar-refractivity contribution >= 4 is 15.9 Å². The molecule has 0 unspecified atom stereocenters. The Labute approximate surface area is 191 Å². The number of benzene rings is 2. The Morgan fingerprint density at radius 2 is 1.67 bits per heavy atom. The van der Waals surface area contributed by atoms with Crippen molar-refractivity contribution in [1.29, 1.82) is 0 Å². The first-order chi connectivity index (χ1) is 15.6. The predicted molar refractivity (Wildman–Crippen MR) is 117 cm³/mol. The minimum atomic E-state index is -4.35. The number of carbonyl (C=O) groups is 1. The smallest absolute Gasteiger partial charge is 0.336 e. The van der Waals surface area contributed by atoms with Crippen molar-refractivity contribution in [1.82, 2.24) is 14.5 Å². The van der Waals surface area contributed by atoms with Gasteiger partial charge in [0.25, 0.3) is 5.91 Å². The first-order valence-corrected chi connectivity index (χ1v) is 12.4. The zero-order valence-corrected chi connectivity index (χ0v) is 18.8. The Balaban J connectivity index is 1.33. The highest BCUT2D eigenvalue weighted by Crippen LogP contribution is 2.29. The second kappa shape index (κ2) is 9.44. The largest absolute Gasteiger partial charge is 0.416 e. The van der Waals surface area contributed by atoms with E-state index in [1.807, 2.05) is 0 Å². The Morgan fingerprint density at radius 3 is 2.27 bits per heavy atom. The Kier molecular flexibility index (Phi) is 6.78. The number of carbonyl (C=O) groups excluding carboxylic acids is 1. The van der Waals surface area contributed by atoms with Gasteiger partial charge in [-0.25, -0.2) is 13.1 Å². The Bertz CT molecular complexity index is 1090. The summed E-state index contributed by atoms with van der Waals surface area (Å²) in [6, 6.07) is 11.2. The van der Waals surface area contributed by atoms with Crippen molar-refractivity contribution in [2.75, 3.05) is 32.7 Å². The second-order valence-electron chi connectivity index (χ2n) is 8.59. The van der Waals surface area contributed by atoms with Gasteiger partial charge in [0.1, 0.15) is 0 Å². The Morgan fingerprint density at radius 1 is 1.00 bits per heavy atom. The monoisotopic (exact) mass is 481 g/mol. The summed E-state index contributed by atoms with van der Waals surface area (Å²) in [6.45, 7) is 2.98. The van der Waals surface area contributed by atoms with Gasteiger partial charge in [0.15, 0.2) is 0 Å². The molecule has 0 atom stereocenters. The highest BCUT2D eigenvalue weighted by Gasteiger charge is 2.30. The molecule has 1 saturated heterocycles. The van der Waals surface area contributed by atoms with E-state index in [-0.39, 0.29) is 10.8 Å². The van der Waals surface area contributed by atoms with Crippen LogP contribution in [0.3, 0.4) is 0 Å². The van der Waals surface area contributed by atoms with Gasteiger partial charge in [-0.2, -0.15) is 13.2 Å². The van der Waals surface area contributed by atoms with E-state index < -0.39 is 21.8 Å². The number of piperazine rings is 1. The average Bonchev–Trinajstić information content (AvgIpc) is 3.62. The molecule has 33 heavy (non-hydrogen) atoms. The number of sulfonamides is 1. The fourth-order valence-corrected chi connectivity index (χ4v) is 4.94. The van der Waals surface area contributed by atoms with Crippen molar-refractivity contribution in [3.05, 3.63) is 65.2 Å². The molecule has 1 amide bonds. The summed E-state index contributed by atoms with van der Waals surface area (Å²) < 4.78 is 65.8. The fourth-order valence-electron chi connectivity index (χ4n) is 3.78. The highest BCUT2D eigenvalue weighted by molar-refractivity contribution is 7.89. The number of halogens is 3. The quantitative estimate of drug-likeness (QED) is 0.659. The van der Waals surface area contributed by atoms with E-state index in [0.29, 0.717) is 50.7 Å². The topological polar surface area (TPSA) is 69.7 Å². The van der Waals surface area contributed by atoms with Gasteiger partial charge >= 0.3 is 6.18 Å². The van der Waals surface area contributed by atoms with Gasteiger partial charge in [-0.05, 0) is 54.7 Å². The molecule has 1 heterocycles. The SMILES string of the molecule is O=C(c1cccc(S(=O)(=O)NCC2CC2)c1)N1CCN(Cc2ccc(C(F)(F)F)cc2)CC1. The zero-order valence-electron chi connectivity index (χ0n) is 18.0. The molecule has 0 bridgehead atoms. The maximum Gasteiger partial charge on any atom is 0.416 e. The van der Waals surface area contributed by atoms with Crippen LogP contribution in [0.2, 0.25) is 0 Å². The number of hydrogen-bond donors (Lipinski definition) is 1. The van der Waals surface area contributed by atoms with E-state index in [0.717, 1.165) is 30.5 Å². The van der Waals surface area contributed by atoms with Crippen LogP contribution in [0, 0.1) is 5.92 Å². The van der Waals surface area contributed by atoms with E-state index >= 15 is 0 Å². The van der Waals surface area contributed by atoms with Crippen LogP contribution >= 0.6 is 0 Å². The first kappa shape index (κ1) is 23.7. The summed E-state index contributed by atoms with van der Waals surface area (Å²) in [5, 5.41) is 0. The van der Waals surface area contributed by atoms with Crippen LogP contribution in [0.1, 0.15) is 34.3 Å². The van der Waals surface area contributed by atoms with Gasteiger partial charge in [0.2, 0.25) is 10.0 Å². The maximum absolute atomic E-state index is 12.9. The lowest BCUT2D eigenvalue weighted by molar-refractivity contribution is -0.137. The number of nitrogens with one attached hydrogen (secondary N) is 1. The molecular weight excluding hydrogens is 455 g/mol. The van der Waals surface area contributed by atoms with Crippen molar-refractivity contribution in [3.63, 3.8) is 0 Å². The molecule has 0 spiro atoms. The van der Waals surface area contributed by atoms with E-state index in [2.05, 4.69) is 9.62 Å². The molecule has 1 aliphatic carbocycles. The number of hydrogen-bond acceptors (Lipinski definition) is 4. The molecule has 2 aliphatic rings. The minimum Gasteiger partial charge on any atom is -0.336 e. The number of rotatable bonds is 7. The molecule has 1 saturated carbocycles. The molecule has 0 aromatic heterocycles. The Hall–Kier alpha value is -2.43. The zero-order chi connectivity index (χ0) is 23.6. The molecule has 4 rings (SSSR count). The van der Waals surface area contributed by atoms with Crippen LogP contribution < -0.4 is 4.72 Å². The average molecular weight is 482 g/mol. The van der Waals surface area contributed by atoms with Crippen molar-refractivity contribution in [2.45, 2.75) is 30.5 Å². The standard InChI is InChI=1S/C23H26F3N3O3S/c24-23(25,26)20-8-6-18(7-9-20)16-28-10-12-29(13-11-28)22(30)19-2-1-3-21(14-19)33(31,32)27-15-17-4-5-17/h1-3,6-9,14,17,27H,4-5,10-13,15-16H2. The summed E-state index contributed by atoms with van der Waals surface area (Å²) in [5.41, 5.74) is 0.425. The van der Waals surface area contributed by atoms with Gasteiger partial charge in [-0.15, -0.1) is 0 Å². The van der Waals surface area contributed by atoms with Crippen molar-refractivity contribution < 1.29 is 26.4 Å². The number of nitrogens with zero attached hydrogens (tertiary/aromatic N) is 2. The highest BCUT2D eigenvalue weighted by atomic mass is 32.2. The predicted octanol–water partition coefficient (Wildman–Crippen LogP) is 3.35. The third kappa shape index (κ3) is 6.13. The molecule has 10 heteroatoms. The van der Waals surface area contributed by atoms with Crippen LogP contribution in [0.15, 0.2) is 53.4 Å². The molecular formula is C23H26F3N3O3S. The van der Waals surface area contributed by atoms with Crippen molar-refractivity contribution in [3.8, 4) is 0 Å². The van der Waals surface area contributed by atoms with Gasteiger partial charge in [-0.1, -0.05) is 18.2 Å². The molecule has 0 radical (unpaired) electrons. The van der Waals surface area contributed by atoms with E-state index in [1.54, 1.807) is 17.0 Å². The van der Waals surface area contributed by atoms with Gasteiger partial charge in [0, 0.05) is 44.8 Å². The van der Waals surface area contributed by atoms with Crippen LogP contribution in [-0.4, -0.2) is 56.8 Å². The number of alkyl halides is 3. The second-order valence-corrected chi connectivity index (χ2v) is 10.4. The summed E-state index contributed by atoms with van der Waals surface area (Å²) in [4.78, 5) is 16.8. The third-order valence-electron chi connectivity index (χ3n) is 6.00. The van der Waals surface area contributed by atoms with E-state index in [4.69, 9.17) is 0 Å². The molecule has 2 fully saturated rings. The van der Waals surface area contributed by atoms with Crippen LogP contribution in [0.4, 0.5) is 13.2 Å². The lowest BCUT2D eigenvalue weighted by Gasteiger charge is -2.35. The van der Waals surface area contributed by atoms with Gasteiger partial charge < -0.3 is 4.90 Å². The number of amides is 1. The lowest BCUT2D eigenvalue weighted by atomic mass is 10.1. The van der Waals surface area contributed by atoms with E-state index in [1.165, 1.54) is 24.3 Å². The molecule has 1 aliphatic heterocycles. The summed E-state index contributed by atoms with van der Waals surface area (Å²) in [6.07, 6.45) is -2.29. The third-order valence-corrected chi connectivity index (χ3v) is 7.42. The summed E-state index contributed by atoms with van der Waals surface area (Å²) in [7, 11) is -3.66. The van der Waals surface area contributed by atoms with Crippen LogP contribution in [0.25, 0.3) is 0 Å². The molecule has 2 aromatic carbocycles. The van der Waals surface area contributed by atoms with Crippen LogP contribution in [-0.2, 0) is 22.7 Å². The summed E-state index contributed by atoms with van der Waals surface area (Å²) >= 11 is 0. The van der Waals surface area contributed by atoms with Gasteiger partial charge in [0.05, 0.1) is 10.5 Å². The lowest BCUT2D eigenvalue weighted by Crippen LogP contribution is -2.48. The molecule has 6 nitrogen and oxygen atoms in total. The maximum atomic E-state index is 12.9. The first-order valence-electron chi connectivity index (χ1n) is 10.9. The normalized spacial score (nSPS) is 17.8. The van der Waals surface area contributed by atoms with E-state index in [9.17, 15) is 26.4 Å².